The van der Waals surface area contributed by atoms with Gasteiger partial charge in [0.2, 0.25) is 0 Å². The summed E-state index contributed by atoms with van der Waals surface area (Å²) in [5.41, 5.74) is 0. The molecular formula is C4H10Ta. The molecule has 0 aromatic heterocycles. The summed E-state index contributed by atoms with van der Waals surface area (Å²) in [5.74, 6) is 0. The SMILES string of the molecule is C[CH2][Ta][CH2]C. The molecule has 0 aromatic rings. The van der Waals surface area contributed by atoms with Crippen molar-refractivity contribution >= 4 is 0 Å². The van der Waals surface area contributed by atoms with Gasteiger partial charge in [-0.1, -0.05) is 0 Å². The second-order valence-corrected chi connectivity index (χ2v) is 7.01. The average molecular weight is 239 g/mol. The summed E-state index contributed by atoms with van der Waals surface area (Å²) in [6, 6.07) is 0. The van der Waals surface area contributed by atoms with Crippen LogP contribution >= 0.6 is 0 Å². The Morgan fingerprint density at radius 1 is 1.20 bits per heavy atom. The van der Waals surface area contributed by atoms with Gasteiger partial charge < -0.3 is 0 Å². The summed E-state index contributed by atoms with van der Waals surface area (Å²) in [5, 5.41) is 0. The normalized spacial score (nSPS) is 7.60. The first kappa shape index (κ1) is 5.74. The molecule has 0 aromatic carbocycles. The molecule has 0 fully saturated rings. The van der Waals surface area contributed by atoms with Crippen LogP contribution in [0.25, 0.3) is 0 Å². The Kier molecular flexibility index (Phi) is 5.44. The van der Waals surface area contributed by atoms with Crippen LogP contribution in [0.3, 0.4) is 0 Å². The van der Waals surface area contributed by atoms with Crippen LogP contribution in [0.15, 0.2) is 0 Å². The van der Waals surface area contributed by atoms with E-state index >= 15 is 0 Å². The average Bonchev–Trinajstić information content (AvgIpc) is 1.41. The summed E-state index contributed by atoms with van der Waals surface area (Å²) in [6.07, 6.45) is 0. The van der Waals surface area contributed by atoms with Crippen LogP contribution in [0.2, 0.25) is 9.28 Å². The fraction of sp³-hybridized carbons (Fsp3) is 1.00. The van der Waals surface area contributed by atoms with E-state index in [0.717, 1.165) is 0 Å². The number of hydrogen-bond acceptors (Lipinski definition) is 0. The Labute approximate surface area is 43.3 Å². The van der Waals surface area contributed by atoms with Crippen molar-refractivity contribution in [2.45, 2.75) is 23.1 Å². The van der Waals surface area contributed by atoms with Crippen LogP contribution in [-0.4, -0.2) is 0 Å². The number of hydrogen-bond donors (Lipinski definition) is 0. The molecule has 0 saturated carbocycles. The maximum absolute atomic E-state index is 2.29. The van der Waals surface area contributed by atoms with Crippen molar-refractivity contribution in [1.29, 1.82) is 0 Å². The predicted octanol–water partition coefficient (Wildman–Crippen LogP) is 1.95. The second kappa shape index (κ2) is 4.74. The molecule has 0 saturated heterocycles. The van der Waals surface area contributed by atoms with Gasteiger partial charge in [-0.2, -0.15) is 0 Å². The third kappa shape index (κ3) is 4.74. The minimum atomic E-state index is 0.145. The summed E-state index contributed by atoms with van der Waals surface area (Å²) in [7, 11) is 0. The van der Waals surface area contributed by atoms with Gasteiger partial charge >= 0.3 is 42.9 Å². The summed E-state index contributed by atoms with van der Waals surface area (Å²) < 4.78 is 3.05. The first-order chi connectivity index (χ1) is 2.41. The van der Waals surface area contributed by atoms with Gasteiger partial charge in [0.05, 0.1) is 0 Å². The van der Waals surface area contributed by atoms with Gasteiger partial charge in [-0.05, 0) is 0 Å². The molecule has 0 bridgehead atoms. The summed E-state index contributed by atoms with van der Waals surface area (Å²) in [6.45, 7) is 4.58. The first-order valence-electron chi connectivity index (χ1n) is 2.05. The third-order valence-corrected chi connectivity index (χ3v) is 3.66. The van der Waals surface area contributed by atoms with Crippen LogP contribution in [-0.2, 0) is 19.8 Å². The van der Waals surface area contributed by atoms with Crippen molar-refractivity contribution in [2.75, 3.05) is 0 Å². The summed E-state index contributed by atoms with van der Waals surface area (Å²) in [4.78, 5) is 0. The fourth-order valence-electron chi connectivity index (χ4n) is 0.224. The van der Waals surface area contributed by atoms with E-state index in [2.05, 4.69) is 13.8 Å². The molecule has 0 N–H and O–H groups in total. The molecular weight excluding hydrogens is 229 g/mol. The van der Waals surface area contributed by atoms with E-state index < -0.39 is 0 Å². The maximum atomic E-state index is 2.29. The van der Waals surface area contributed by atoms with Gasteiger partial charge in [0.25, 0.3) is 0 Å². The zero-order chi connectivity index (χ0) is 4.12. The van der Waals surface area contributed by atoms with Crippen molar-refractivity contribution in [3.05, 3.63) is 0 Å². The van der Waals surface area contributed by atoms with Crippen LogP contribution in [0.5, 0.6) is 0 Å². The number of rotatable bonds is 2. The zero-order valence-electron chi connectivity index (χ0n) is 3.86. The molecule has 0 heterocycles. The quantitative estimate of drug-likeness (QED) is 0.690. The molecule has 1 heteroatoms. The van der Waals surface area contributed by atoms with Crippen LogP contribution < -0.4 is 0 Å². The molecule has 31 valence electrons. The molecule has 5 heavy (non-hydrogen) atoms. The molecule has 0 aliphatic rings. The van der Waals surface area contributed by atoms with E-state index in [1.165, 1.54) is 9.28 Å². The fourth-order valence-corrected chi connectivity index (χ4v) is 1.83. The molecule has 0 aliphatic heterocycles. The molecule has 0 amide bonds. The van der Waals surface area contributed by atoms with Crippen molar-refractivity contribution in [3.63, 3.8) is 0 Å². The van der Waals surface area contributed by atoms with E-state index in [4.69, 9.17) is 0 Å². The summed E-state index contributed by atoms with van der Waals surface area (Å²) >= 11 is 0.145. The van der Waals surface area contributed by atoms with E-state index in [-0.39, 0.29) is 19.8 Å². The van der Waals surface area contributed by atoms with E-state index in [1.807, 2.05) is 0 Å². The van der Waals surface area contributed by atoms with E-state index in [0.29, 0.717) is 0 Å². The predicted molar refractivity (Wildman–Crippen MR) is 21.0 cm³/mol. The topological polar surface area (TPSA) is 0 Å². The van der Waals surface area contributed by atoms with Crippen LogP contribution in [0, 0.1) is 0 Å². The first-order valence-corrected chi connectivity index (χ1v) is 6.59. The Bertz CT molecular complexity index is 11.1. The molecule has 0 atom stereocenters. The third-order valence-electron chi connectivity index (χ3n) is 0.447. The molecule has 0 unspecified atom stereocenters. The Morgan fingerprint density at radius 2 is 1.60 bits per heavy atom. The van der Waals surface area contributed by atoms with E-state index in [1.54, 1.807) is 0 Å². The van der Waals surface area contributed by atoms with Gasteiger partial charge in [0.1, 0.15) is 0 Å². The monoisotopic (exact) mass is 239 g/mol. The van der Waals surface area contributed by atoms with Gasteiger partial charge in [-0.25, -0.2) is 0 Å². The van der Waals surface area contributed by atoms with Crippen molar-refractivity contribution in [2.24, 2.45) is 0 Å². The minimum absolute atomic E-state index is 0.145. The molecule has 0 nitrogen and oxygen atoms in total. The standard InChI is InChI=1S/2C2H5.Ta/c2*1-2;/h2*1H2,2H3;. The van der Waals surface area contributed by atoms with Crippen molar-refractivity contribution in [1.82, 2.24) is 0 Å². The zero-order valence-corrected chi connectivity index (χ0v) is 7.07. The molecule has 0 rings (SSSR count). The molecule has 0 spiro atoms. The second-order valence-electron chi connectivity index (χ2n) is 0.856. The van der Waals surface area contributed by atoms with Gasteiger partial charge in [-0.3, -0.25) is 0 Å². The van der Waals surface area contributed by atoms with Crippen molar-refractivity contribution in [3.8, 4) is 0 Å². The van der Waals surface area contributed by atoms with Crippen LogP contribution in [0.4, 0.5) is 0 Å². The van der Waals surface area contributed by atoms with E-state index in [9.17, 15) is 0 Å². The molecule has 0 aliphatic carbocycles. The Hall–Kier alpha value is 0.740. The van der Waals surface area contributed by atoms with Gasteiger partial charge in [0.15, 0.2) is 0 Å². The van der Waals surface area contributed by atoms with Gasteiger partial charge in [0, 0.05) is 0 Å². The van der Waals surface area contributed by atoms with Crippen LogP contribution in [0.1, 0.15) is 13.8 Å². The Balaban J connectivity index is 2.19. The van der Waals surface area contributed by atoms with Gasteiger partial charge in [-0.15, -0.1) is 0 Å². The van der Waals surface area contributed by atoms with Crippen molar-refractivity contribution < 1.29 is 19.8 Å². The Morgan fingerprint density at radius 3 is 1.60 bits per heavy atom. The molecule has 0 radical (unpaired) electrons.